The first-order valence-electron chi connectivity index (χ1n) is 8.62. The van der Waals surface area contributed by atoms with Crippen molar-refractivity contribution in [3.05, 3.63) is 56.9 Å². The lowest BCUT2D eigenvalue weighted by Crippen LogP contribution is -2.48. The van der Waals surface area contributed by atoms with E-state index in [1.54, 1.807) is 18.9 Å². The van der Waals surface area contributed by atoms with Gasteiger partial charge in [-0.1, -0.05) is 24.3 Å². The predicted octanol–water partition coefficient (Wildman–Crippen LogP) is 1.90. The zero-order chi connectivity index (χ0) is 18.8. The molecule has 2 aromatic rings. The first-order valence-corrected chi connectivity index (χ1v) is 8.62. The molecule has 0 saturated carbocycles. The summed E-state index contributed by atoms with van der Waals surface area (Å²) in [5.74, 6) is -0.324. The van der Waals surface area contributed by atoms with Crippen molar-refractivity contribution in [2.24, 2.45) is 7.05 Å². The van der Waals surface area contributed by atoms with E-state index in [9.17, 15) is 14.9 Å². The van der Waals surface area contributed by atoms with Gasteiger partial charge in [0.25, 0.3) is 5.91 Å². The second kappa shape index (κ2) is 7.25. The molecule has 1 aliphatic rings. The SMILES string of the molecule is Cc1ccccc1CN1CCN(C(=O)c2c([N+](=O)[O-])c(C)nn2C)CC1. The summed E-state index contributed by atoms with van der Waals surface area (Å²) in [4.78, 5) is 27.6. The summed E-state index contributed by atoms with van der Waals surface area (Å²) in [5, 5.41) is 15.3. The first kappa shape index (κ1) is 18.1. The maximum Gasteiger partial charge on any atom is 0.322 e. The van der Waals surface area contributed by atoms with Crippen LogP contribution in [0.25, 0.3) is 0 Å². The van der Waals surface area contributed by atoms with Crippen LogP contribution in [0.4, 0.5) is 5.69 Å². The Hall–Kier alpha value is -2.74. The number of carbonyl (C=O) groups is 1. The highest BCUT2D eigenvalue weighted by atomic mass is 16.6. The monoisotopic (exact) mass is 357 g/mol. The Morgan fingerprint density at radius 3 is 2.46 bits per heavy atom. The quantitative estimate of drug-likeness (QED) is 0.616. The molecule has 0 bridgehead atoms. The minimum Gasteiger partial charge on any atom is -0.335 e. The van der Waals surface area contributed by atoms with Gasteiger partial charge in [0.05, 0.1) is 4.92 Å². The van der Waals surface area contributed by atoms with E-state index in [4.69, 9.17) is 0 Å². The Bertz CT molecular complexity index is 837. The van der Waals surface area contributed by atoms with Crippen LogP contribution in [0.3, 0.4) is 0 Å². The van der Waals surface area contributed by atoms with Crippen LogP contribution in [0.15, 0.2) is 24.3 Å². The van der Waals surface area contributed by atoms with Crippen LogP contribution in [-0.2, 0) is 13.6 Å². The van der Waals surface area contributed by atoms with E-state index in [-0.39, 0.29) is 23.0 Å². The number of nitro groups is 1. The number of hydrogen-bond acceptors (Lipinski definition) is 5. The number of benzene rings is 1. The lowest BCUT2D eigenvalue weighted by atomic mass is 10.1. The molecule has 138 valence electrons. The zero-order valence-electron chi connectivity index (χ0n) is 15.3. The molecular formula is C18H23N5O3. The molecular weight excluding hydrogens is 334 g/mol. The third-order valence-corrected chi connectivity index (χ3v) is 4.89. The van der Waals surface area contributed by atoms with Crippen LogP contribution in [-0.4, -0.2) is 56.6 Å². The van der Waals surface area contributed by atoms with Gasteiger partial charge >= 0.3 is 5.69 Å². The Morgan fingerprint density at radius 1 is 1.19 bits per heavy atom. The average molecular weight is 357 g/mol. The molecule has 26 heavy (non-hydrogen) atoms. The Labute approximate surface area is 152 Å². The van der Waals surface area contributed by atoms with Crippen LogP contribution in [0, 0.1) is 24.0 Å². The summed E-state index contributed by atoms with van der Waals surface area (Å²) >= 11 is 0. The second-order valence-corrected chi connectivity index (χ2v) is 6.66. The molecule has 0 radical (unpaired) electrons. The Balaban J connectivity index is 1.68. The van der Waals surface area contributed by atoms with Gasteiger partial charge in [0, 0.05) is 39.8 Å². The van der Waals surface area contributed by atoms with Gasteiger partial charge < -0.3 is 4.90 Å². The number of rotatable bonds is 4. The fraction of sp³-hybridized carbons (Fsp3) is 0.444. The largest absolute Gasteiger partial charge is 0.335 e. The van der Waals surface area contributed by atoms with Gasteiger partial charge in [0.15, 0.2) is 0 Å². The van der Waals surface area contributed by atoms with Crippen molar-refractivity contribution >= 4 is 11.6 Å². The van der Waals surface area contributed by atoms with Crippen molar-refractivity contribution in [3.63, 3.8) is 0 Å². The molecule has 0 unspecified atom stereocenters. The van der Waals surface area contributed by atoms with Crippen molar-refractivity contribution in [3.8, 4) is 0 Å². The summed E-state index contributed by atoms with van der Waals surface area (Å²) in [6, 6.07) is 8.28. The Morgan fingerprint density at radius 2 is 1.85 bits per heavy atom. The summed E-state index contributed by atoms with van der Waals surface area (Å²) < 4.78 is 1.31. The average Bonchev–Trinajstić information content (AvgIpc) is 2.91. The summed E-state index contributed by atoms with van der Waals surface area (Å²) in [6.45, 7) is 7.07. The van der Waals surface area contributed by atoms with Crippen LogP contribution in [0.5, 0.6) is 0 Å². The van der Waals surface area contributed by atoms with E-state index < -0.39 is 4.92 Å². The molecule has 0 atom stereocenters. The van der Waals surface area contributed by atoms with Crippen LogP contribution in [0.1, 0.15) is 27.3 Å². The molecule has 2 heterocycles. The molecule has 8 heteroatoms. The summed E-state index contributed by atoms with van der Waals surface area (Å²) in [5.41, 5.74) is 2.66. The van der Waals surface area contributed by atoms with Gasteiger partial charge in [0.1, 0.15) is 5.69 Å². The lowest BCUT2D eigenvalue weighted by Gasteiger charge is -2.34. The zero-order valence-corrected chi connectivity index (χ0v) is 15.3. The number of aromatic nitrogens is 2. The molecule has 0 N–H and O–H groups in total. The van der Waals surface area contributed by atoms with Crippen molar-refractivity contribution in [1.82, 2.24) is 19.6 Å². The highest BCUT2D eigenvalue weighted by Gasteiger charge is 2.33. The minimum atomic E-state index is -0.524. The maximum absolute atomic E-state index is 12.8. The van der Waals surface area contributed by atoms with E-state index in [0.29, 0.717) is 13.1 Å². The second-order valence-electron chi connectivity index (χ2n) is 6.66. The highest BCUT2D eigenvalue weighted by molar-refractivity contribution is 5.97. The molecule has 3 rings (SSSR count). The number of carbonyl (C=O) groups excluding carboxylic acids is 1. The molecule has 1 saturated heterocycles. The Kier molecular flexibility index (Phi) is 5.03. The van der Waals surface area contributed by atoms with E-state index in [0.717, 1.165) is 19.6 Å². The molecule has 0 spiro atoms. The van der Waals surface area contributed by atoms with E-state index in [1.165, 1.54) is 15.8 Å². The van der Waals surface area contributed by atoms with Crippen LogP contribution >= 0.6 is 0 Å². The fourth-order valence-corrected chi connectivity index (χ4v) is 3.39. The number of aryl methyl sites for hydroxylation is 3. The number of amides is 1. The van der Waals surface area contributed by atoms with Gasteiger partial charge in [-0.05, 0) is 25.0 Å². The molecule has 1 aliphatic heterocycles. The van der Waals surface area contributed by atoms with E-state index in [2.05, 4.69) is 29.1 Å². The highest BCUT2D eigenvalue weighted by Crippen LogP contribution is 2.24. The fourth-order valence-electron chi connectivity index (χ4n) is 3.39. The van der Waals surface area contributed by atoms with Crippen molar-refractivity contribution in [2.75, 3.05) is 26.2 Å². The molecule has 1 fully saturated rings. The molecule has 0 aliphatic carbocycles. The van der Waals surface area contributed by atoms with E-state index >= 15 is 0 Å². The van der Waals surface area contributed by atoms with Gasteiger partial charge in [0.2, 0.25) is 5.69 Å². The van der Waals surface area contributed by atoms with Gasteiger partial charge in [-0.25, -0.2) is 0 Å². The van der Waals surface area contributed by atoms with E-state index in [1.807, 2.05) is 12.1 Å². The third kappa shape index (κ3) is 3.45. The van der Waals surface area contributed by atoms with Crippen LogP contribution < -0.4 is 0 Å². The number of nitrogens with zero attached hydrogens (tertiary/aromatic N) is 5. The minimum absolute atomic E-state index is 0.0554. The van der Waals surface area contributed by atoms with Crippen molar-refractivity contribution < 1.29 is 9.72 Å². The maximum atomic E-state index is 12.8. The van der Waals surface area contributed by atoms with Crippen molar-refractivity contribution in [1.29, 1.82) is 0 Å². The van der Waals surface area contributed by atoms with Crippen molar-refractivity contribution in [2.45, 2.75) is 20.4 Å². The normalized spacial score (nSPS) is 15.3. The molecule has 1 aromatic carbocycles. The number of hydrogen-bond donors (Lipinski definition) is 0. The predicted molar refractivity (Wildman–Crippen MR) is 97.0 cm³/mol. The smallest absolute Gasteiger partial charge is 0.322 e. The third-order valence-electron chi connectivity index (χ3n) is 4.89. The summed E-state index contributed by atoms with van der Waals surface area (Å²) in [7, 11) is 1.57. The standard InChI is InChI=1S/C18H23N5O3/c1-13-6-4-5-7-15(13)12-21-8-10-22(11-9-21)18(24)17-16(23(25)26)14(2)19-20(17)3/h4-7H,8-12H2,1-3H3. The lowest BCUT2D eigenvalue weighted by molar-refractivity contribution is -0.385. The summed E-state index contributed by atoms with van der Waals surface area (Å²) in [6.07, 6.45) is 0. The van der Waals surface area contributed by atoms with Gasteiger partial charge in [-0.3, -0.25) is 24.5 Å². The van der Waals surface area contributed by atoms with Gasteiger partial charge in [-0.15, -0.1) is 0 Å². The molecule has 1 amide bonds. The van der Waals surface area contributed by atoms with Crippen LogP contribution in [0.2, 0.25) is 0 Å². The van der Waals surface area contributed by atoms with Gasteiger partial charge in [-0.2, -0.15) is 5.10 Å². The molecule has 1 aromatic heterocycles. The topological polar surface area (TPSA) is 84.5 Å². The first-order chi connectivity index (χ1) is 12.4. The number of piperazine rings is 1. The molecule has 8 nitrogen and oxygen atoms in total.